The fourth-order valence-corrected chi connectivity index (χ4v) is 4.61. The highest BCUT2D eigenvalue weighted by molar-refractivity contribution is 7.86. The smallest absolute Gasteiger partial charge is 0.296 e. The molecule has 0 unspecified atom stereocenters. The van der Waals surface area contributed by atoms with Gasteiger partial charge in [-0.05, 0) is 29.3 Å². The van der Waals surface area contributed by atoms with E-state index >= 15 is 0 Å². The van der Waals surface area contributed by atoms with Crippen molar-refractivity contribution in [3.8, 4) is 22.6 Å². The lowest BCUT2D eigenvalue weighted by atomic mass is 9.92. The van der Waals surface area contributed by atoms with Gasteiger partial charge in [-0.1, -0.05) is 59.6 Å². The van der Waals surface area contributed by atoms with Crippen molar-refractivity contribution in [1.82, 2.24) is 0 Å². The van der Waals surface area contributed by atoms with Crippen molar-refractivity contribution in [2.45, 2.75) is 11.3 Å². The van der Waals surface area contributed by atoms with Gasteiger partial charge in [-0.2, -0.15) is 8.42 Å². The van der Waals surface area contributed by atoms with Gasteiger partial charge >= 0.3 is 0 Å². The van der Waals surface area contributed by atoms with Crippen molar-refractivity contribution >= 4 is 33.3 Å². The first kappa shape index (κ1) is 17.4. The van der Waals surface area contributed by atoms with Crippen LogP contribution in [0.15, 0.2) is 59.5 Å². The molecule has 1 heterocycles. The van der Waals surface area contributed by atoms with Crippen LogP contribution >= 0.6 is 23.2 Å². The van der Waals surface area contributed by atoms with E-state index in [1.165, 1.54) is 12.1 Å². The molecule has 0 fully saturated rings. The van der Waals surface area contributed by atoms with Gasteiger partial charge in [-0.3, -0.25) is 4.55 Å². The summed E-state index contributed by atoms with van der Waals surface area (Å²) in [6, 6.07) is 16.0. The minimum Gasteiger partial charge on any atom is -0.457 e. The van der Waals surface area contributed by atoms with Gasteiger partial charge in [0.15, 0.2) is 0 Å². The quantitative estimate of drug-likeness (QED) is 0.439. The third-order valence-corrected chi connectivity index (χ3v) is 6.15. The molecule has 4 rings (SSSR count). The lowest BCUT2D eigenvalue weighted by Gasteiger charge is -2.23. The molecule has 0 bridgehead atoms. The van der Waals surface area contributed by atoms with Crippen LogP contribution in [0.4, 0.5) is 0 Å². The van der Waals surface area contributed by atoms with Crippen LogP contribution in [0.5, 0.6) is 11.5 Å². The van der Waals surface area contributed by atoms with Crippen molar-refractivity contribution in [2.24, 2.45) is 0 Å². The van der Waals surface area contributed by atoms with E-state index in [-0.39, 0.29) is 15.6 Å². The van der Waals surface area contributed by atoms with Crippen LogP contribution in [0.2, 0.25) is 10.0 Å². The lowest BCUT2D eigenvalue weighted by Crippen LogP contribution is -2.07. The van der Waals surface area contributed by atoms with Crippen LogP contribution in [0, 0.1) is 0 Å². The molecular weight excluding hydrogens is 395 g/mol. The number of hydrogen-bond acceptors (Lipinski definition) is 3. The average molecular weight is 407 g/mol. The van der Waals surface area contributed by atoms with Crippen LogP contribution in [-0.2, 0) is 16.5 Å². The molecule has 0 aliphatic carbocycles. The van der Waals surface area contributed by atoms with Gasteiger partial charge in [0.1, 0.15) is 16.4 Å². The first-order valence-electron chi connectivity index (χ1n) is 7.70. The minimum atomic E-state index is -4.58. The predicted molar refractivity (Wildman–Crippen MR) is 101 cm³/mol. The Hall–Kier alpha value is -2.05. The Labute approximate surface area is 160 Å². The molecule has 132 valence electrons. The van der Waals surface area contributed by atoms with Gasteiger partial charge in [0.25, 0.3) is 10.1 Å². The highest BCUT2D eigenvalue weighted by Crippen LogP contribution is 2.44. The molecule has 3 aromatic carbocycles. The molecule has 1 aliphatic heterocycles. The summed E-state index contributed by atoms with van der Waals surface area (Å²) in [6.07, 6.45) is 0.562. The Balaban J connectivity index is 1.97. The largest absolute Gasteiger partial charge is 0.457 e. The summed E-state index contributed by atoms with van der Waals surface area (Å²) in [5, 5.41) is -0.157. The van der Waals surface area contributed by atoms with E-state index in [0.717, 1.165) is 16.9 Å². The van der Waals surface area contributed by atoms with Crippen molar-refractivity contribution < 1.29 is 17.7 Å². The summed E-state index contributed by atoms with van der Waals surface area (Å²) in [5.74, 6) is 1.40. The maximum absolute atomic E-state index is 11.9. The minimum absolute atomic E-state index is 0.0504. The van der Waals surface area contributed by atoms with Gasteiger partial charge in [0.05, 0.1) is 10.0 Å². The zero-order valence-corrected chi connectivity index (χ0v) is 15.6. The van der Waals surface area contributed by atoms with Gasteiger partial charge < -0.3 is 4.74 Å². The van der Waals surface area contributed by atoms with E-state index in [2.05, 4.69) is 0 Å². The molecule has 0 saturated carbocycles. The molecule has 4 nitrogen and oxygen atoms in total. The van der Waals surface area contributed by atoms with E-state index < -0.39 is 15.0 Å². The van der Waals surface area contributed by atoms with Crippen LogP contribution in [0.1, 0.15) is 11.1 Å². The number of ether oxygens (including phenoxy) is 1. The normalized spacial score (nSPS) is 12.9. The molecule has 0 saturated heterocycles. The van der Waals surface area contributed by atoms with Gasteiger partial charge in [0, 0.05) is 17.5 Å². The summed E-state index contributed by atoms with van der Waals surface area (Å²) >= 11 is 12.1. The van der Waals surface area contributed by atoms with Gasteiger partial charge in [0.2, 0.25) is 0 Å². The fourth-order valence-electron chi connectivity index (χ4n) is 3.15. The molecule has 0 aromatic heterocycles. The Morgan fingerprint density at radius 3 is 2.38 bits per heavy atom. The molecule has 1 N–H and O–H groups in total. The maximum atomic E-state index is 11.9. The second kappa shape index (κ2) is 6.28. The number of hydrogen-bond donors (Lipinski definition) is 1. The number of rotatable bonds is 2. The molecule has 26 heavy (non-hydrogen) atoms. The zero-order chi connectivity index (χ0) is 18.5. The van der Waals surface area contributed by atoms with E-state index in [4.69, 9.17) is 27.9 Å². The van der Waals surface area contributed by atoms with Crippen LogP contribution in [0.3, 0.4) is 0 Å². The topological polar surface area (TPSA) is 63.6 Å². The fraction of sp³-hybridized carbons (Fsp3) is 0.0526. The summed E-state index contributed by atoms with van der Waals surface area (Å²) in [7, 11) is -4.58. The first-order chi connectivity index (χ1) is 12.4. The van der Waals surface area contributed by atoms with Gasteiger partial charge in [-0.25, -0.2) is 0 Å². The van der Waals surface area contributed by atoms with E-state index in [1.54, 1.807) is 12.1 Å². The van der Waals surface area contributed by atoms with Crippen molar-refractivity contribution in [2.75, 3.05) is 0 Å². The Morgan fingerprint density at radius 2 is 1.62 bits per heavy atom. The van der Waals surface area contributed by atoms with Crippen molar-refractivity contribution in [3.63, 3.8) is 0 Å². The Kier molecular flexibility index (Phi) is 4.20. The number of para-hydroxylation sites is 1. The van der Waals surface area contributed by atoms with Crippen LogP contribution in [0.25, 0.3) is 11.1 Å². The third-order valence-electron chi connectivity index (χ3n) is 4.29. The molecule has 3 aromatic rings. The predicted octanol–water partition coefficient (Wildman–Crippen LogP) is 5.60. The number of halogens is 2. The number of fused-ring (bicyclic) bond motifs is 2. The van der Waals surface area contributed by atoms with Gasteiger partial charge in [-0.15, -0.1) is 0 Å². The lowest BCUT2D eigenvalue weighted by molar-refractivity contribution is 0.460. The highest BCUT2D eigenvalue weighted by Gasteiger charge is 2.27. The van der Waals surface area contributed by atoms with Crippen LogP contribution in [-0.4, -0.2) is 13.0 Å². The summed E-state index contributed by atoms with van der Waals surface area (Å²) in [6.45, 7) is 0. The summed E-state index contributed by atoms with van der Waals surface area (Å²) in [4.78, 5) is -0.404. The maximum Gasteiger partial charge on any atom is 0.296 e. The SMILES string of the molecule is O=S(=O)(O)c1c(-c2cccc3c2Cc2ccccc2O3)ccc(Cl)c1Cl. The highest BCUT2D eigenvalue weighted by atomic mass is 35.5. The Morgan fingerprint density at radius 1 is 0.885 bits per heavy atom. The first-order valence-corrected chi connectivity index (χ1v) is 9.89. The van der Waals surface area contributed by atoms with E-state index in [0.29, 0.717) is 17.7 Å². The summed E-state index contributed by atoms with van der Waals surface area (Å²) < 4.78 is 39.5. The Bertz CT molecular complexity index is 1140. The summed E-state index contributed by atoms with van der Waals surface area (Å²) in [5.41, 5.74) is 2.69. The standard InChI is InChI=1S/C19H12Cl2O4S/c20-15-9-8-13(19(18(15)21)26(22,23)24)12-5-3-7-17-14(12)10-11-4-1-2-6-16(11)25-17/h1-9H,10H2,(H,22,23,24). The monoisotopic (exact) mass is 406 g/mol. The molecule has 0 spiro atoms. The number of benzene rings is 3. The molecule has 0 atom stereocenters. The second-order valence-corrected chi connectivity index (χ2v) is 8.03. The molecule has 0 radical (unpaired) electrons. The van der Waals surface area contributed by atoms with E-state index in [1.807, 2.05) is 30.3 Å². The second-order valence-electron chi connectivity index (χ2n) is 5.88. The average Bonchev–Trinajstić information content (AvgIpc) is 2.60. The molecule has 0 amide bonds. The van der Waals surface area contributed by atoms with Crippen molar-refractivity contribution in [3.05, 3.63) is 75.8 Å². The van der Waals surface area contributed by atoms with Crippen LogP contribution < -0.4 is 4.74 Å². The zero-order valence-electron chi connectivity index (χ0n) is 13.2. The molecule has 1 aliphatic rings. The molecular formula is C19H12Cl2O4S. The molecule has 7 heteroatoms. The van der Waals surface area contributed by atoms with Crippen molar-refractivity contribution in [1.29, 1.82) is 0 Å². The third kappa shape index (κ3) is 2.87. The van der Waals surface area contributed by atoms with E-state index in [9.17, 15) is 13.0 Å².